The van der Waals surface area contributed by atoms with Gasteiger partial charge in [-0.05, 0) is 25.8 Å². The SMILES string of the molecule is CCCOC(=O)C(=CNc1cc(Cl)c(Cl)c(C(=O)OCCC)c1Cl)C(C)=O. The van der Waals surface area contributed by atoms with E-state index in [2.05, 4.69) is 5.32 Å². The predicted octanol–water partition coefficient (Wildman–Crippen LogP) is 5.05. The van der Waals surface area contributed by atoms with Crippen LogP contribution < -0.4 is 5.32 Å². The number of halogens is 3. The van der Waals surface area contributed by atoms with E-state index in [0.717, 1.165) is 6.20 Å². The molecule has 0 unspecified atom stereocenters. The molecule has 0 atom stereocenters. The second-order valence-corrected chi connectivity index (χ2v) is 6.60. The number of anilines is 1. The predicted molar refractivity (Wildman–Crippen MR) is 106 cm³/mol. The van der Waals surface area contributed by atoms with Gasteiger partial charge in [-0.2, -0.15) is 0 Å². The second-order valence-electron chi connectivity index (χ2n) is 5.44. The molecule has 1 aromatic carbocycles. The lowest BCUT2D eigenvalue weighted by Crippen LogP contribution is -2.16. The number of carbonyl (C=O) groups excluding carboxylic acids is 3. The van der Waals surface area contributed by atoms with Crippen molar-refractivity contribution in [3.63, 3.8) is 0 Å². The zero-order valence-electron chi connectivity index (χ0n) is 15.2. The van der Waals surface area contributed by atoms with Crippen LogP contribution in [0.1, 0.15) is 44.0 Å². The topological polar surface area (TPSA) is 81.7 Å². The Hall–Kier alpha value is -1.76. The van der Waals surface area contributed by atoms with E-state index in [1.165, 1.54) is 13.0 Å². The third-order valence-corrected chi connectivity index (χ3v) is 4.39. The molecule has 1 aromatic rings. The number of carbonyl (C=O) groups is 3. The van der Waals surface area contributed by atoms with Gasteiger partial charge >= 0.3 is 11.9 Å². The van der Waals surface area contributed by atoms with E-state index >= 15 is 0 Å². The molecular weight excluding hydrogens is 417 g/mol. The number of nitrogens with one attached hydrogen (secondary N) is 1. The summed E-state index contributed by atoms with van der Waals surface area (Å²) in [5.74, 6) is -1.99. The maximum Gasteiger partial charge on any atom is 0.343 e. The number of esters is 2. The standard InChI is InChI=1S/C18H20Cl3NO5/c1-4-6-26-17(24)11(10(3)23)9-22-13-8-12(19)15(20)14(16(13)21)18(25)27-7-5-2/h8-9,22H,4-7H2,1-3H3. The number of ketones is 1. The second kappa shape index (κ2) is 11.2. The number of ether oxygens (including phenoxy) is 2. The summed E-state index contributed by atoms with van der Waals surface area (Å²) < 4.78 is 10.0. The molecule has 27 heavy (non-hydrogen) atoms. The molecule has 0 saturated heterocycles. The Kier molecular flexibility index (Phi) is 9.63. The molecular formula is C18H20Cl3NO5. The molecule has 0 radical (unpaired) electrons. The third kappa shape index (κ3) is 6.41. The lowest BCUT2D eigenvalue weighted by molar-refractivity contribution is -0.140. The van der Waals surface area contributed by atoms with Crippen LogP contribution in [0.4, 0.5) is 5.69 Å². The fourth-order valence-electron chi connectivity index (χ4n) is 1.88. The van der Waals surface area contributed by atoms with Crippen LogP contribution in [0.25, 0.3) is 0 Å². The van der Waals surface area contributed by atoms with Gasteiger partial charge in [0.1, 0.15) is 11.1 Å². The number of hydrogen-bond donors (Lipinski definition) is 1. The van der Waals surface area contributed by atoms with E-state index < -0.39 is 17.7 Å². The van der Waals surface area contributed by atoms with Gasteiger partial charge in [-0.25, -0.2) is 9.59 Å². The molecule has 1 N–H and O–H groups in total. The van der Waals surface area contributed by atoms with Crippen molar-refractivity contribution in [2.45, 2.75) is 33.6 Å². The molecule has 0 saturated carbocycles. The van der Waals surface area contributed by atoms with Gasteiger partial charge in [0.25, 0.3) is 0 Å². The molecule has 1 rings (SSSR count). The molecule has 0 bridgehead atoms. The van der Waals surface area contributed by atoms with Crippen LogP contribution in [-0.4, -0.2) is 30.9 Å². The maximum atomic E-state index is 12.2. The summed E-state index contributed by atoms with van der Waals surface area (Å²) in [5.41, 5.74) is -0.134. The fraction of sp³-hybridized carbons (Fsp3) is 0.389. The van der Waals surface area contributed by atoms with Gasteiger partial charge in [0, 0.05) is 6.20 Å². The summed E-state index contributed by atoms with van der Waals surface area (Å²) in [7, 11) is 0. The number of rotatable bonds is 9. The Morgan fingerprint density at radius 2 is 1.63 bits per heavy atom. The zero-order valence-corrected chi connectivity index (χ0v) is 17.4. The lowest BCUT2D eigenvalue weighted by atomic mass is 10.1. The van der Waals surface area contributed by atoms with E-state index in [0.29, 0.717) is 12.8 Å². The summed E-state index contributed by atoms with van der Waals surface area (Å²) >= 11 is 18.4. The summed E-state index contributed by atoms with van der Waals surface area (Å²) in [4.78, 5) is 35.9. The van der Waals surface area contributed by atoms with Crippen molar-refractivity contribution >= 4 is 58.2 Å². The van der Waals surface area contributed by atoms with Gasteiger partial charge in [-0.3, -0.25) is 4.79 Å². The van der Waals surface area contributed by atoms with E-state index in [4.69, 9.17) is 44.3 Å². The number of Topliss-reactive ketones (excluding diaryl/α,β-unsaturated/α-hetero) is 1. The minimum absolute atomic E-state index is 0.0495. The first-order chi connectivity index (χ1) is 12.7. The van der Waals surface area contributed by atoms with Crippen molar-refractivity contribution in [2.24, 2.45) is 0 Å². The summed E-state index contributed by atoms with van der Waals surface area (Å²) in [5, 5.41) is 2.66. The van der Waals surface area contributed by atoms with Gasteiger partial charge in [-0.1, -0.05) is 48.7 Å². The number of hydrogen-bond acceptors (Lipinski definition) is 6. The zero-order chi connectivity index (χ0) is 20.6. The first-order valence-corrected chi connectivity index (χ1v) is 9.37. The van der Waals surface area contributed by atoms with E-state index in [9.17, 15) is 14.4 Å². The molecule has 0 aromatic heterocycles. The van der Waals surface area contributed by atoms with Gasteiger partial charge < -0.3 is 14.8 Å². The van der Waals surface area contributed by atoms with E-state index in [1.54, 1.807) is 0 Å². The minimum Gasteiger partial charge on any atom is -0.462 e. The molecule has 0 aliphatic carbocycles. The molecule has 6 nitrogen and oxygen atoms in total. The van der Waals surface area contributed by atoms with E-state index in [1.807, 2.05) is 13.8 Å². The first kappa shape index (κ1) is 23.3. The Morgan fingerprint density at radius 1 is 1.04 bits per heavy atom. The van der Waals surface area contributed by atoms with Crippen LogP contribution in [0.5, 0.6) is 0 Å². The molecule has 0 heterocycles. The molecule has 0 spiro atoms. The highest BCUT2D eigenvalue weighted by molar-refractivity contribution is 6.47. The van der Waals surface area contributed by atoms with Crippen molar-refractivity contribution < 1.29 is 23.9 Å². The van der Waals surface area contributed by atoms with Crippen molar-refractivity contribution in [3.8, 4) is 0 Å². The Balaban J connectivity index is 3.22. The van der Waals surface area contributed by atoms with Gasteiger partial charge in [-0.15, -0.1) is 0 Å². The van der Waals surface area contributed by atoms with Crippen LogP contribution in [0.2, 0.25) is 15.1 Å². The van der Waals surface area contributed by atoms with Crippen LogP contribution in [0.15, 0.2) is 17.8 Å². The Labute approximate surface area is 172 Å². The van der Waals surface area contributed by atoms with Crippen molar-refractivity contribution in [2.75, 3.05) is 18.5 Å². The average molecular weight is 437 g/mol. The Morgan fingerprint density at radius 3 is 2.19 bits per heavy atom. The molecule has 9 heteroatoms. The van der Waals surface area contributed by atoms with Crippen molar-refractivity contribution in [3.05, 3.63) is 38.5 Å². The molecule has 0 aliphatic heterocycles. The smallest absolute Gasteiger partial charge is 0.343 e. The summed E-state index contributed by atoms with van der Waals surface area (Å²) in [6.07, 6.45) is 2.39. The molecule has 148 valence electrons. The monoisotopic (exact) mass is 435 g/mol. The van der Waals surface area contributed by atoms with Crippen LogP contribution in [0.3, 0.4) is 0 Å². The van der Waals surface area contributed by atoms with E-state index in [-0.39, 0.29) is 45.1 Å². The Bertz CT molecular complexity index is 762. The largest absolute Gasteiger partial charge is 0.462 e. The highest BCUT2D eigenvalue weighted by atomic mass is 35.5. The van der Waals surface area contributed by atoms with Crippen LogP contribution in [-0.2, 0) is 19.1 Å². The third-order valence-electron chi connectivity index (χ3n) is 3.21. The average Bonchev–Trinajstić information content (AvgIpc) is 2.62. The number of benzene rings is 1. The lowest BCUT2D eigenvalue weighted by Gasteiger charge is -2.13. The van der Waals surface area contributed by atoms with Gasteiger partial charge in [0.15, 0.2) is 5.78 Å². The molecule has 0 fully saturated rings. The fourth-order valence-corrected chi connectivity index (χ4v) is 2.64. The molecule has 0 aliphatic rings. The van der Waals surface area contributed by atoms with Gasteiger partial charge in [0.2, 0.25) is 0 Å². The van der Waals surface area contributed by atoms with Crippen molar-refractivity contribution in [1.82, 2.24) is 0 Å². The molecule has 0 amide bonds. The summed E-state index contributed by atoms with van der Waals surface area (Å²) in [6, 6.07) is 1.37. The highest BCUT2D eigenvalue weighted by Gasteiger charge is 2.23. The van der Waals surface area contributed by atoms with Gasteiger partial charge in [0.05, 0.1) is 34.0 Å². The first-order valence-electron chi connectivity index (χ1n) is 8.23. The quantitative estimate of drug-likeness (QED) is 0.192. The van der Waals surface area contributed by atoms with Crippen LogP contribution >= 0.6 is 34.8 Å². The summed E-state index contributed by atoms with van der Waals surface area (Å²) in [6.45, 7) is 5.28. The normalized spacial score (nSPS) is 11.1. The van der Waals surface area contributed by atoms with Crippen molar-refractivity contribution in [1.29, 1.82) is 0 Å². The highest BCUT2D eigenvalue weighted by Crippen LogP contribution is 2.38. The minimum atomic E-state index is -0.768. The maximum absolute atomic E-state index is 12.2. The van der Waals surface area contributed by atoms with Crippen LogP contribution in [0, 0.1) is 0 Å².